The Kier molecular flexibility index (Phi) is 7.42. The summed E-state index contributed by atoms with van der Waals surface area (Å²) in [5.74, 6) is -7.52. The van der Waals surface area contributed by atoms with Gasteiger partial charge in [-0.3, -0.25) is 14.4 Å². The Morgan fingerprint density at radius 2 is 1.64 bits per heavy atom. The van der Waals surface area contributed by atoms with Crippen molar-refractivity contribution in [3.63, 3.8) is 0 Å². The van der Waals surface area contributed by atoms with Crippen molar-refractivity contribution in [2.45, 2.75) is 94.6 Å². The molecular weight excluding hydrogens is 519 g/mol. The van der Waals surface area contributed by atoms with Crippen molar-refractivity contribution in [2.24, 2.45) is 53.1 Å². The molecule has 0 aromatic rings. The van der Waals surface area contributed by atoms with Gasteiger partial charge < -0.3 is 26.2 Å². The molecule has 6 N–H and O–H groups in total. The summed E-state index contributed by atoms with van der Waals surface area (Å²) in [5, 5.41) is 44.3. The Morgan fingerprint density at radius 3 is 2.26 bits per heavy atom. The number of primary amides is 1. The highest BCUT2D eigenvalue weighted by molar-refractivity contribution is 6.20. The van der Waals surface area contributed by atoms with Crippen molar-refractivity contribution in [3.8, 4) is 0 Å². The van der Waals surface area contributed by atoms with Gasteiger partial charge in [-0.2, -0.15) is 13.2 Å². The highest BCUT2D eigenvalue weighted by atomic mass is 19.4. The van der Waals surface area contributed by atoms with E-state index >= 15 is 0 Å². The predicted molar refractivity (Wildman–Crippen MR) is 131 cm³/mol. The first kappa shape index (κ1) is 28.5. The van der Waals surface area contributed by atoms with Crippen LogP contribution in [0.5, 0.6) is 0 Å². The maximum Gasteiger partial charge on any atom is 0.391 e. The van der Waals surface area contributed by atoms with E-state index in [9.17, 15) is 48.0 Å². The van der Waals surface area contributed by atoms with E-state index in [0.717, 1.165) is 12.8 Å². The first-order valence-corrected chi connectivity index (χ1v) is 14.2. The van der Waals surface area contributed by atoms with Gasteiger partial charge in [-0.15, -0.1) is 0 Å². The molecule has 4 fully saturated rings. The summed E-state index contributed by atoms with van der Waals surface area (Å²) in [6.07, 6.45) is -2.50. The molecule has 0 bridgehead atoms. The normalized spacial score (nSPS) is 44.9. The lowest BCUT2D eigenvalue weighted by molar-refractivity contribution is -0.199. The minimum Gasteiger partial charge on any atom is -0.508 e. The van der Waals surface area contributed by atoms with Crippen LogP contribution in [-0.2, 0) is 14.4 Å². The maximum absolute atomic E-state index is 13.8. The lowest BCUT2D eigenvalue weighted by Crippen LogP contribution is -2.66. The minimum absolute atomic E-state index is 0.101. The fourth-order valence-electron chi connectivity index (χ4n) is 8.84. The number of fused-ring (bicyclic) bond motifs is 3. The first-order valence-electron chi connectivity index (χ1n) is 14.2. The monoisotopic (exact) mass is 557 g/mol. The highest BCUT2D eigenvalue weighted by Crippen LogP contribution is 2.57. The maximum atomic E-state index is 13.8. The number of carbonyl (C=O) groups is 3. The third-order valence-electron chi connectivity index (χ3n) is 10.9. The quantitative estimate of drug-likeness (QED) is 0.333. The van der Waals surface area contributed by atoms with Crippen LogP contribution >= 0.6 is 0 Å². The van der Waals surface area contributed by atoms with Crippen molar-refractivity contribution >= 4 is 17.5 Å². The zero-order valence-electron chi connectivity index (χ0n) is 21.8. The summed E-state index contributed by atoms with van der Waals surface area (Å²) in [6, 6.07) is 0. The van der Waals surface area contributed by atoms with Gasteiger partial charge in [0.15, 0.2) is 11.4 Å². The molecular formula is C28H38F3NO7. The number of aliphatic hydroxyl groups excluding tert-OH is 3. The topological polar surface area (TPSA) is 158 Å². The van der Waals surface area contributed by atoms with Crippen LogP contribution in [0.2, 0.25) is 0 Å². The van der Waals surface area contributed by atoms with Crippen molar-refractivity contribution < 1.29 is 48.0 Å². The van der Waals surface area contributed by atoms with Crippen LogP contribution in [0.15, 0.2) is 11.3 Å². The number of hydrogen-bond donors (Lipinski definition) is 5. The summed E-state index contributed by atoms with van der Waals surface area (Å²) >= 11 is 0. The number of hydrogen-bond acceptors (Lipinski definition) is 7. The number of aliphatic hydroxyl groups is 4. The molecule has 8 nitrogen and oxygen atoms in total. The number of halogens is 3. The van der Waals surface area contributed by atoms with Gasteiger partial charge in [0.25, 0.3) is 5.91 Å². The molecule has 6 unspecified atom stereocenters. The Bertz CT molecular complexity index is 1050. The molecule has 218 valence electrons. The molecule has 4 saturated carbocycles. The van der Waals surface area contributed by atoms with Crippen LogP contribution in [0.3, 0.4) is 0 Å². The highest BCUT2D eigenvalue weighted by Gasteiger charge is 2.65. The molecule has 5 aliphatic rings. The van der Waals surface area contributed by atoms with Crippen molar-refractivity contribution in [1.29, 1.82) is 0 Å². The van der Waals surface area contributed by atoms with E-state index < -0.39 is 70.7 Å². The van der Waals surface area contributed by atoms with E-state index in [4.69, 9.17) is 5.73 Å². The summed E-state index contributed by atoms with van der Waals surface area (Å²) in [4.78, 5) is 38.1. The fraction of sp³-hybridized carbons (Fsp3) is 0.821. The molecule has 5 aliphatic carbocycles. The van der Waals surface area contributed by atoms with Gasteiger partial charge in [0.05, 0.1) is 17.9 Å². The van der Waals surface area contributed by atoms with E-state index in [-0.39, 0.29) is 55.1 Å². The SMILES string of the molecule is NC(=O)C1=C(O)[C@@]2(O)C(O)C3C(=O)C4C(O)CCC(CCC5CCC(C(F)(F)F)CC5)C4C[C@H]3C[C@H]2CC1=O. The second-order valence-electron chi connectivity index (χ2n) is 12.8. The summed E-state index contributed by atoms with van der Waals surface area (Å²) < 4.78 is 39.1. The molecule has 0 aliphatic heterocycles. The number of alkyl halides is 3. The molecule has 0 aromatic heterocycles. The van der Waals surface area contributed by atoms with Crippen LogP contribution in [0.25, 0.3) is 0 Å². The molecule has 0 heterocycles. The number of nitrogens with two attached hydrogens (primary N) is 1. The molecule has 9 atom stereocenters. The minimum atomic E-state index is -4.15. The van der Waals surface area contributed by atoms with Crippen LogP contribution < -0.4 is 5.73 Å². The molecule has 39 heavy (non-hydrogen) atoms. The molecule has 0 spiro atoms. The standard InChI is InChI=1S/C28H38F3NO7/c29-28(30,31)15-6-2-12(3-7-15)1-4-13-5-8-18(33)21-17(13)10-14-9-16-11-19(34)22(26(32)38)25(37)27(16,39)24(36)20(14)23(21)35/h12-18,20-21,24,33,36-37,39H,1-11H2,(H2,32,38)/t12?,13?,14-,15?,16+,17?,18?,20?,21?,24?,27+/m1/s1. The Balaban J connectivity index is 1.32. The van der Waals surface area contributed by atoms with Gasteiger partial charge in [0, 0.05) is 18.3 Å². The summed E-state index contributed by atoms with van der Waals surface area (Å²) in [7, 11) is 0. The van der Waals surface area contributed by atoms with Gasteiger partial charge in [0.2, 0.25) is 0 Å². The molecule has 0 saturated heterocycles. The lowest BCUT2D eigenvalue weighted by atomic mass is 9.49. The number of Topliss-reactive ketones (excluding diaryl/α,β-unsaturated/α-hetero) is 2. The van der Waals surface area contributed by atoms with E-state index in [1.54, 1.807) is 0 Å². The third-order valence-corrected chi connectivity index (χ3v) is 10.9. The van der Waals surface area contributed by atoms with Gasteiger partial charge in [0.1, 0.15) is 23.2 Å². The van der Waals surface area contributed by atoms with E-state index in [1.165, 1.54) is 0 Å². The summed E-state index contributed by atoms with van der Waals surface area (Å²) in [5.41, 5.74) is 2.12. The average molecular weight is 558 g/mol. The number of rotatable bonds is 4. The molecule has 1 amide bonds. The molecule has 0 radical (unpaired) electrons. The van der Waals surface area contributed by atoms with Gasteiger partial charge in [-0.05, 0) is 81.5 Å². The van der Waals surface area contributed by atoms with Gasteiger partial charge >= 0.3 is 6.18 Å². The Hall–Kier alpha value is -1.98. The predicted octanol–water partition coefficient (Wildman–Crippen LogP) is 2.73. The smallest absolute Gasteiger partial charge is 0.391 e. The summed E-state index contributed by atoms with van der Waals surface area (Å²) in [6.45, 7) is 0. The largest absolute Gasteiger partial charge is 0.508 e. The second-order valence-corrected chi connectivity index (χ2v) is 12.8. The fourth-order valence-corrected chi connectivity index (χ4v) is 8.84. The number of ketones is 2. The van der Waals surface area contributed by atoms with E-state index in [1.807, 2.05) is 0 Å². The Labute approximate surface area is 224 Å². The van der Waals surface area contributed by atoms with E-state index in [2.05, 4.69) is 0 Å². The zero-order valence-corrected chi connectivity index (χ0v) is 21.8. The van der Waals surface area contributed by atoms with Crippen molar-refractivity contribution in [2.75, 3.05) is 0 Å². The molecule has 11 heteroatoms. The van der Waals surface area contributed by atoms with Gasteiger partial charge in [-0.1, -0.05) is 6.42 Å². The van der Waals surface area contributed by atoms with Crippen molar-refractivity contribution in [3.05, 3.63) is 11.3 Å². The zero-order chi connectivity index (χ0) is 28.4. The van der Waals surface area contributed by atoms with Crippen molar-refractivity contribution in [1.82, 2.24) is 0 Å². The third kappa shape index (κ3) is 4.72. The van der Waals surface area contributed by atoms with Crippen LogP contribution in [0.1, 0.15) is 70.6 Å². The van der Waals surface area contributed by atoms with E-state index in [0.29, 0.717) is 32.1 Å². The molecule has 0 aromatic carbocycles. The first-order chi connectivity index (χ1) is 18.2. The van der Waals surface area contributed by atoms with Gasteiger partial charge in [-0.25, -0.2) is 0 Å². The van der Waals surface area contributed by atoms with Crippen LogP contribution in [-0.4, -0.2) is 61.9 Å². The average Bonchev–Trinajstić information content (AvgIpc) is 2.85. The second kappa shape index (κ2) is 10.1. The number of carbonyl (C=O) groups excluding carboxylic acids is 3. The van der Waals surface area contributed by atoms with Crippen LogP contribution in [0.4, 0.5) is 13.2 Å². The lowest BCUT2D eigenvalue weighted by Gasteiger charge is -2.56. The Morgan fingerprint density at radius 1 is 0.974 bits per heavy atom. The number of amides is 1. The van der Waals surface area contributed by atoms with Crippen LogP contribution in [0, 0.1) is 47.3 Å². The molecule has 5 rings (SSSR count).